The molecule has 3 rings (SSSR count). The Labute approximate surface area is 147 Å². The Balaban J connectivity index is 1.67. The highest BCUT2D eigenvalue weighted by molar-refractivity contribution is 5.80. The molecule has 1 unspecified atom stereocenters. The van der Waals surface area contributed by atoms with Gasteiger partial charge in [-0.15, -0.1) is 0 Å². The Kier molecular flexibility index (Phi) is 5.56. The largest absolute Gasteiger partial charge is 0.450 e. The van der Waals surface area contributed by atoms with E-state index in [1.165, 1.54) is 12.1 Å². The number of benzene rings is 1. The summed E-state index contributed by atoms with van der Waals surface area (Å²) in [5.41, 5.74) is 0.804. The Morgan fingerprint density at radius 3 is 2.80 bits per heavy atom. The van der Waals surface area contributed by atoms with Crippen molar-refractivity contribution in [1.29, 1.82) is 0 Å². The molecule has 136 valence electrons. The number of carbonyl (C=O) groups is 2. The predicted octanol–water partition coefficient (Wildman–Crippen LogP) is 3.19. The van der Waals surface area contributed by atoms with Gasteiger partial charge in [0.2, 0.25) is 5.91 Å². The normalized spacial score (nSPS) is 20.2. The fraction of sp³-hybridized carbons (Fsp3) is 0.579. The van der Waals surface area contributed by atoms with Crippen LogP contribution in [0.3, 0.4) is 0 Å². The van der Waals surface area contributed by atoms with Gasteiger partial charge in [-0.25, -0.2) is 9.18 Å². The van der Waals surface area contributed by atoms with Crippen molar-refractivity contribution >= 4 is 12.0 Å². The fourth-order valence-electron chi connectivity index (χ4n) is 3.40. The average molecular weight is 348 g/mol. The summed E-state index contributed by atoms with van der Waals surface area (Å²) in [5.74, 6) is -0.417. The minimum absolute atomic E-state index is 0.0701. The van der Waals surface area contributed by atoms with E-state index in [1.54, 1.807) is 17.9 Å². The Morgan fingerprint density at radius 1 is 1.32 bits per heavy atom. The molecule has 2 fully saturated rings. The minimum atomic E-state index is -0.344. The van der Waals surface area contributed by atoms with Crippen LogP contribution in [0.1, 0.15) is 38.2 Å². The van der Waals surface area contributed by atoms with Crippen molar-refractivity contribution in [2.75, 3.05) is 19.7 Å². The van der Waals surface area contributed by atoms with Crippen molar-refractivity contribution in [3.8, 4) is 0 Å². The van der Waals surface area contributed by atoms with E-state index in [2.05, 4.69) is 0 Å². The Morgan fingerprint density at radius 2 is 2.12 bits per heavy atom. The SMILES string of the molecule is CCOC(=O)N1CCCC(C(=O)N(Cc2cccc(F)c2)C2CC2)C1. The Hall–Kier alpha value is -2.11. The van der Waals surface area contributed by atoms with Crippen LogP contribution in [0.15, 0.2) is 24.3 Å². The van der Waals surface area contributed by atoms with Crippen LogP contribution in [-0.4, -0.2) is 47.5 Å². The van der Waals surface area contributed by atoms with Crippen molar-refractivity contribution in [2.24, 2.45) is 5.92 Å². The van der Waals surface area contributed by atoms with Crippen LogP contribution >= 0.6 is 0 Å². The number of nitrogens with zero attached hydrogens (tertiary/aromatic N) is 2. The number of rotatable bonds is 5. The molecular weight excluding hydrogens is 323 g/mol. The molecule has 1 atom stereocenters. The molecule has 1 saturated heterocycles. The van der Waals surface area contributed by atoms with Gasteiger partial charge in [-0.3, -0.25) is 4.79 Å². The first-order valence-corrected chi connectivity index (χ1v) is 9.05. The second kappa shape index (κ2) is 7.85. The minimum Gasteiger partial charge on any atom is -0.450 e. The van der Waals surface area contributed by atoms with Gasteiger partial charge >= 0.3 is 6.09 Å². The van der Waals surface area contributed by atoms with E-state index in [-0.39, 0.29) is 29.8 Å². The number of hydrogen-bond donors (Lipinski definition) is 0. The van der Waals surface area contributed by atoms with Crippen molar-refractivity contribution in [1.82, 2.24) is 9.80 Å². The lowest BCUT2D eigenvalue weighted by molar-refractivity contribution is -0.138. The third kappa shape index (κ3) is 4.50. The van der Waals surface area contributed by atoms with Crippen LogP contribution in [-0.2, 0) is 16.1 Å². The maximum absolute atomic E-state index is 13.4. The van der Waals surface area contributed by atoms with Crippen molar-refractivity contribution in [3.63, 3.8) is 0 Å². The first-order chi connectivity index (χ1) is 12.1. The summed E-state index contributed by atoms with van der Waals surface area (Å²) in [4.78, 5) is 28.5. The highest BCUT2D eigenvalue weighted by Gasteiger charge is 2.38. The van der Waals surface area contributed by atoms with Crippen molar-refractivity contribution in [3.05, 3.63) is 35.6 Å². The van der Waals surface area contributed by atoms with Gasteiger partial charge < -0.3 is 14.5 Å². The molecule has 2 amide bonds. The second-order valence-electron chi connectivity index (χ2n) is 6.81. The van der Waals surface area contributed by atoms with E-state index < -0.39 is 0 Å². The van der Waals surface area contributed by atoms with Gasteiger partial charge in [-0.2, -0.15) is 0 Å². The zero-order valence-electron chi connectivity index (χ0n) is 14.6. The molecule has 2 aliphatic rings. The summed E-state index contributed by atoms with van der Waals surface area (Å²) in [6.45, 7) is 3.58. The van der Waals surface area contributed by atoms with Crippen molar-refractivity contribution in [2.45, 2.75) is 45.2 Å². The van der Waals surface area contributed by atoms with E-state index >= 15 is 0 Å². The monoisotopic (exact) mass is 348 g/mol. The fourth-order valence-corrected chi connectivity index (χ4v) is 3.40. The summed E-state index contributed by atoms with van der Waals surface area (Å²) in [5, 5.41) is 0. The summed E-state index contributed by atoms with van der Waals surface area (Å²) >= 11 is 0. The molecule has 0 N–H and O–H groups in total. The first kappa shape index (κ1) is 17.7. The molecule has 0 bridgehead atoms. The molecule has 1 heterocycles. The lowest BCUT2D eigenvalue weighted by Gasteiger charge is -2.34. The number of hydrogen-bond acceptors (Lipinski definition) is 3. The number of carbonyl (C=O) groups excluding carboxylic acids is 2. The molecule has 0 spiro atoms. The van der Waals surface area contributed by atoms with Crippen LogP contribution in [0.5, 0.6) is 0 Å². The lowest BCUT2D eigenvalue weighted by atomic mass is 9.96. The maximum Gasteiger partial charge on any atom is 0.409 e. The topological polar surface area (TPSA) is 49.9 Å². The summed E-state index contributed by atoms with van der Waals surface area (Å²) in [6, 6.07) is 6.65. The van der Waals surface area contributed by atoms with Crippen LogP contribution in [0.2, 0.25) is 0 Å². The summed E-state index contributed by atoms with van der Waals surface area (Å²) < 4.78 is 18.5. The average Bonchev–Trinajstić information content (AvgIpc) is 3.44. The van der Waals surface area contributed by atoms with E-state index in [9.17, 15) is 14.0 Å². The van der Waals surface area contributed by atoms with E-state index in [0.29, 0.717) is 26.2 Å². The Bertz CT molecular complexity index is 633. The molecule has 5 nitrogen and oxygen atoms in total. The predicted molar refractivity (Wildman–Crippen MR) is 91.3 cm³/mol. The van der Waals surface area contributed by atoms with E-state index in [0.717, 1.165) is 31.2 Å². The van der Waals surface area contributed by atoms with Crippen LogP contribution in [0, 0.1) is 11.7 Å². The lowest BCUT2D eigenvalue weighted by Crippen LogP contribution is -2.47. The summed E-state index contributed by atoms with van der Waals surface area (Å²) in [6.07, 6.45) is 3.22. The van der Waals surface area contributed by atoms with E-state index in [4.69, 9.17) is 4.74 Å². The van der Waals surface area contributed by atoms with Gasteiger partial charge in [-0.1, -0.05) is 12.1 Å². The molecule has 1 aromatic carbocycles. The molecular formula is C19H25FN2O3. The zero-order chi connectivity index (χ0) is 17.8. The third-order valence-corrected chi connectivity index (χ3v) is 4.81. The number of amides is 2. The van der Waals surface area contributed by atoms with Crippen LogP contribution in [0.25, 0.3) is 0 Å². The van der Waals surface area contributed by atoms with E-state index in [1.807, 2.05) is 11.0 Å². The quantitative estimate of drug-likeness (QED) is 0.821. The van der Waals surface area contributed by atoms with Gasteiger partial charge in [-0.05, 0) is 50.3 Å². The molecule has 0 aromatic heterocycles. The van der Waals surface area contributed by atoms with Gasteiger partial charge in [0, 0.05) is 25.7 Å². The number of likely N-dealkylation sites (tertiary alicyclic amines) is 1. The standard InChI is InChI=1S/C19H25FN2O3/c1-2-25-19(24)21-10-4-6-15(13-21)18(23)22(17-8-9-17)12-14-5-3-7-16(20)11-14/h3,5,7,11,15,17H,2,4,6,8-10,12-13H2,1H3. The highest BCUT2D eigenvalue weighted by Crippen LogP contribution is 2.31. The third-order valence-electron chi connectivity index (χ3n) is 4.81. The molecule has 25 heavy (non-hydrogen) atoms. The molecule has 6 heteroatoms. The number of halogens is 1. The van der Waals surface area contributed by atoms with Crippen molar-refractivity contribution < 1.29 is 18.7 Å². The van der Waals surface area contributed by atoms with Gasteiger partial charge in [0.25, 0.3) is 0 Å². The maximum atomic E-state index is 13.4. The zero-order valence-corrected chi connectivity index (χ0v) is 14.6. The molecule has 1 aliphatic heterocycles. The molecule has 0 radical (unpaired) electrons. The number of ether oxygens (including phenoxy) is 1. The molecule has 1 saturated carbocycles. The second-order valence-corrected chi connectivity index (χ2v) is 6.81. The highest BCUT2D eigenvalue weighted by atomic mass is 19.1. The van der Waals surface area contributed by atoms with Crippen LogP contribution in [0.4, 0.5) is 9.18 Å². The van der Waals surface area contributed by atoms with Gasteiger partial charge in [0.15, 0.2) is 0 Å². The first-order valence-electron chi connectivity index (χ1n) is 9.05. The molecule has 1 aromatic rings. The van der Waals surface area contributed by atoms with Crippen LogP contribution < -0.4 is 0 Å². The number of piperidine rings is 1. The summed E-state index contributed by atoms with van der Waals surface area (Å²) in [7, 11) is 0. The smallest absolute Gasteiger partial charge is 0.409 e. The molecule has 1 aliphatic carbocycles. The van der Waals surface area contributed by atoms with Gasteiger partial charge in [0.05, 0.1) is 12.5 Å². The van der Waals surface area contributed by atoms with Gasteiger partial charge in [0.1, 0.15) is 5.82 Å².